The molecular weight excluding hydrogens is 332 g/mol. The van der Waals surface area contributed by atoms with Gasteiger partial charge in [0.05, 0.1) is 23.6 Å². The van der Waals surface area contributed by atoms with Crippen molar-refractivity contribution in [2.75, 3.05) is 6.61 Å². The molecule has 4 aromatic heterocycles. The summed E-state index contributed by atoms with van der Waals surface area (Å²) in [5, 5.41) is 5.05. The van der Waals surface area contributed by atoms with E-state index in [2.05, 4.69) is 20.1 Å². The quantitative estimate of drug-likeness (QED) is 0.560. The highest BCUT2D eigenvalue weighted by molar-refractivity contribution is 5.79. The number of aromatic nitrogens is 6. The van der Waals surface area contributed by atoms with E-state index in [-0.39, 0.29) is 11.7 Å². The summed E-state index contributed by atoms with van der Waals surface area (Å²) in [5.41, 5.74) is 1.45. The maximum Gasteiger partial charge on any atom is 0.261 e. The predicted octanol–water partition coefficient (Wildman–Crippen LogP) is 1.68. The minimum Gasteiger partial charge on any atom is -0.376 e. The number of hydrogen-bond donors (Lipinski definition) is 0. The fourth-order valence-electron chi connectivity index (χ4n) is 3.33. The van der Waals surface area contributed by atoms with Crippen LogP contribution in [0.5, 0.6) is 0 Å². The molecule has 8 heteroatoms. The van der Waals surface area contributed by atoms with Gasteiger partial charge < -0.3 is 9.30 Å². The summed E-state index contributed by atoms with van der Waals surface area (Å²) in [6, 6.07) is 5.56. The van der Waals surface area contributed by atoms with Gasteiger partial charge in [-0.25, -0.2) is 4.98 Å². The van der Waals surface area contributed by atoms with Gasteiger partial charge in [0.1, 0.15) is 0 Å². The normalized spacial score (nSPS) is 17.3. The van der Waals surface area contributed by atoms with E-state index in [4.69, 9.17) is 4.74 Å². The number of ether oxygens (including phenoxy) is 1. The van der Waals surface area contributed by atoms with Crippen LogP contribution in [0.1, 0.15) is 12.8 Å². The molecule has 1 aliphatic heterocycles. The zero-order valence-electron chi connectivity index (χ0n) is 13.9. The maximum atomic E-state index is 12.8. The zero-order valence-corrected chi connectivity index (χ0v) is 13.9. The lowest BCUT2D eigenvalue weighted by atomic mass is 10.2. The minimum atomic E-state index is -0.0895. The molecule has 5 rings (SSSR count). The molecule has 130 valence electrons. The van der Waals surface area contributed by atoms with Gasteiger partial charge in [-0.1, -0.05) is 0 Å². The Morgan fingerprint density at radius 3 is 2.92 bits per heavy atom. The SMILES string of the molecule is O=c1c2cnc3nc(-c4ccncc4)nn3c2ccn1C[C@H]1CCCO1. The van der Waals surface area contributed by atoms with Crippen molar-refractivity contribution in [2.45, 2.75) is 25.5 Å². The molecule has 0 radical (unpaired) electrons. The van der Waals surface area contributed by atoms with Crippen molar-refractivity contribution in [3.8, 4) is 11.4 Å². The van der Waals surface area contributed by atoms with Crippen molar-refractivity contribution in [2.24, 2.45) is 0 Å². The van der Waals surface area contributed by atoms with E-state index >= 15 is 0 Å². The fourth-order valence-corrected chi connectivity index (χ4v) is 3.33. The molecule has 0 saturated carbocycles. The Labute approximate surface area is 148 Å². The standard InChI is InChI=1S/C18H16N6O2/c25-17-14-10-20-18-21-16(12-3-6-19-7-4-12)22-24(18)15(14)5-8-23(17)11-13-2-1-9-26-13/h3-8,10,13H,1-2,9,11H2/t13-/m1/s1. The third kappa shape index (κ3) is 2.46. The minimum absolute atomic E-state index is 0.0895. The molecule has 0 bridgehead atoms. The highest BCUT2D eigenvalue weighted by Crippen LogP contribution is 2.18. The summed E-state index contributed by atoms with van der Waals surface area (Å²) in [4.78, 5) is 25.6. The predicted molar refractivity (Wildman–Crippen MR) is 94.8 cm³/mol. The van der Waals surface area contributed by atoms with Gasteiger partial charge in [-0.2, -0.15) is 9.50 Å². The van der Waals surface area contributed by atoms with Gasteiger partial charge in [-0.05, 0) is 31.0 Å². The van der Waals surface area contributed by atoms with Gasteiger partial charge in [0.15, 0.2) is 5.82 Å². The van der Waals surface area contributed by atoms with Crippen LogP contribution in [0.25, 0.3) is 28.1 Å². The monoisotopic (exact) mass is 348 g/mol. The molecule has 0 N–H and O–H groups in total. The van der Waals surface area contributed by atoms with Crippen molar-refractivity contribution in [3.05, 3.63) is 53.3 Å². The van der Waals surface area contributed by atoms with Gasteiger partial charge in [0, 0.05) is 37.0 Å². The molecule has 4 aromatic rings. The third-order valence-corrected chi connectivity index (χ3v) is 4.67. The summed E-state index contributed by atoms with van der Waals surface area (Å²) in [6.07, 6.45) is 8.88. The third-order valence-electron chi connectivity index (χ3n) is 4.67. The van der Waals surface area contributed by atoms with Gasteiger partial charge in [0.2, 0.25) is 0 Å². The van der Waals surface area contributed by atoms with Crippen LogP contribution in [0.15, 0.2) is 47.8 Å². The second kappa shape index (κ2) is 5.99. The van der Waals surface area contributed by atoms with Crippen molar-refractivity contribution >= 4 is 16.7 Å². The Kier molecular flexibility index (Phi) is 3.49. The molecule has 0 amide bonds. The van der Waals surface area contributed by atoms with Crippen LogP contribution in [0.4, 0.5) is 0 Å². The lowest BCUT2D eigenvalue weighted by molar-refractivity contribution is 0.0963. The van der Waals surface area contributed by atoms with Crippen LogP contribution in [-0.2, 0) is 11.3 Å². The Balaban J connectivity index is 1.62. The summed E-state index contributed by atoms with van der Waals surface area (Å²) in [7, 11) is 0. The number of fused-ring (bicyclic) bond motifs is 3. The van der Waals surface area contributed by atoms with E-state index in [1.807, 2.05) is 18.2 Å². The molecule has 1 aliphatic rings. The van der Waals surface area contributed by atoms with E-state index in [1.165, 1.54) is 0 Å². The molecule has 0 unspecified atom stereocenters. The Morgan fingerprint density at radius 2 is 2.12 bits per heavy atom. The molecule has 1 saturated heterocycles. The average molecular weight is 348 g/mol. The van der Waals surface area contributed by atoms with Crippen molar-refractivity contribution in [1.29, 1.82) is 0 Å². The summed E-state index contributed by atoms with van der Waals surface area (Å²) in [5.74, 6) is 1.01. The van der Waals surface area contributed by atoms with Crippen LogP contribution in [-0.4, -0.2) is 41.8 Å². The number of nitrogens with zero attached hydrogens (tertiary/aromatic N) is 6. The first-order valence-electron chi connectivity index (χ1n) is 8.56. The maximum absolute atomic E-state index is 12.8. The zero-order chi connectivity index (χ0) is 17.5. The topological polar surface area (TPSA) is 87.2 Å². The Bertz CT molecular complexity index is 1140. The van der Waals surface area contributed by atoms with Crippen LogP contribution in [0, 0.1) is 0 Å². The van der Waals surface area contributed by atoms with E-state index in [1.54, 1.807) is 33.9 Å². The van der Waals surface area contributed by atoms with Crippen LogP contribution < -0.4 is 5.56 Å². The molecule has 5 heterocycles. The molecule has 0 aromatic carbocycles. The second-order valence-corrected chi connectivity index (χ2v) is 6.35. The summed E-state index contributed by atoms with van der Waals surface area (Å²) >= 11 is 0. The van der Waals surface area contributed by atoms with Gasteiger partial charge in [-0.15, -0.1) is 5.10 Å². The Morgan fingerprint density at radius 1 is 1.23 bits per heavy atom. The summed E-state index contributed by atoms with van der Waals surface area (Å²) in [6.45, 7) is 1.33. The second-order valence-electron chi connectivity index (χ2n) is 6.35. The molecule has 0 spiro atoms. The van der Waals surface area contributed by atoms with Crippen molar-refractivity contribution in [3.63, 3.8) is 0 Å². The van der Waals surface area contributed by atoms with Gasteiger partial charge in [0.25, 0.3) is 11.3 Å². The number of pyridine rings is 2. The van der Waals surface area contributed by atoms with E-state index in [9.17, 15) is 4.79 Å². The lowest BCUT2D eigenvalue weighted by Crippen LogP contribution is -2.26. The van der Waals surface area contributed by atoms with Crippen LogP contribution in [0.3, 0.4) is 0 Å². The van der Waals surface area contributed by atoms with Crippen LogP contribution in [0.2, 0.25) is 0 Å². The number of rotatable bonds is 3. The molecular formula is C18H16N6O2. The lowest BCUT2D eigenvalue weighted by Gasteiger charge is -2.12. The van der Waals surface area contributed by atoms with E-state index in [0.717, 1.165) is 25.0 Å². The largest absolute Gasteiger partial charge is 0.376 e. The number of hydrogen-bond acceptors (Lipinski definition) is 6. The molecule has 1 atom stereocenters. The first-order chi connectivity index (χ1) is 12.8. The van der Waals surface area contributed by atoms with Crippen molar-refractivity contribution in [1.82, 2.24) is 29.1 Å². The highest BCUT2D eigenvalue weighted by atomic mass is 16.5. The van der Waals surface area contributed by atoms with Gasteiger partial charge >= 0.3 is 0 Å². The molecule has 8 nitrogen and oxygen atoms in total. The van der Waals surface area contributed by atoms with Crippen molar-refractivity contribution < 1.29 is 4.74 Å². The first-order valence-corrected chi connectivity index (χ1v) is 8.56. The summed E-state index contributed by atoms with van der Waals surface area (Å²) < 4.78 is 8.94. The smallest absolute Gasteiger partial charge is 0.261 e. The molecule has 0 aliphatic carbocycles. The van der Waals surface area contributed by atoms with Crippen LogP contribution >= 0.6 is 0 Å². The fraction of sp³-hybridized carbons (Fsp3) is 0.278. The Hall–Kier alpha value is -3.13. The molecule has 26 heavy (non-hydrogen) atoms. The highest BCUT2D eigenvalue weighted by Gasteiger charge is 2.18. The van der Waals surface area contributed by atoms with E-state index < -0.39 is 0 Å². The van der Waals surface area contributed by atoms with Gasteiger partial charge in [-0.3, -0.25) is 9.78 Å². The van der Waals surface area contributed by atoms with E-state index in [0.29, 0.717) is 29.0 Å². The average Bonchev–Trinajstić information content (AvgIpc) is 3.34. The molecule has 1 fully saturated rings. The first kappa shape index (κ1) is 15.2.